The minimum Gasteiger partial charge on any atom is -0.444 e. The summed E-state index contributed by atoms with van der Waals surface area (Å²) in [5.74, 6) is -0.722. The SMILES string of the molecule is CCC(CO)NC(=O)Cc1cnc(N2CCC(N3C(=O)OCc4ccccc43)CC2)nc1C(F)(F)F. The van der Waals surface area contributed by atoms with Gasteiger partial charge < -0.3 is 20.1 Å². The van der Waals surface area contributed by atoms with E-state index in [9.17, 15) is 27.9 Å². The van der Waals surface area contributed by atoms with Gasteiger partial charge >= 0.3 is 12.3 Å². The van der Waals surface area contributed by atoms with Crippen molar-refractivity contribution in [3.63, 3.8) is 0 Å². The van der Waals surface area contributed by atoms with Crippen LogP contribution in [0, 0.1) is 0 Å². The number of aromatic nitrogens is 2. The molecule has 0 bridgehead atoms. The highest BCUT2D eigenvalue weighted by Gasteiger charge is 2.38. The lowest BCUT2D eigenvalue weighted by Gasteiger charge is -2.40. The summed E-state index contributed by atoms with van der Waals surface area (Å²) in [7, 11) is 0. The number of carbonyl (C=O) groups excluding carboxylic acids is 2. The molecule has 4 rings (SSSR count). The highest BCUT2D eigenvalue weighted by molar-refractivity contribution is 5.91. The largest absolute Gasteiger partial charge is 0.444 e. The Kier molecular flexibility index (Phi) is 7.62. The third-order valence-corrected chi connectivity index (χ3v) is 6.46. The van der Waals surface area contributed by atoms with E-state index in [2.05, 4.69) is 15.3 Å². The molecule has 0 spiro atoms. The van der Waals surface area contributed by atoms with Crippen molar-refractivity contribution in [1.29, 1.82) is 0 Å². The van der Waals surface area contributed by atoms with Crippen molar-refractivity contribution in [2.24, 2.45) is 0 Å². The number of fused-ring (bicyclic) bond motifs is 1. The molecule has 2 aliphatic rings. The first-order chi connectivity index (χ1) is 17.2. The average molecular weight is 508 g/mol. The lowest BCUT2D eigenvalue weighted by molar-refractivity contribution is -0.142. The molecule has 1 unspecified atom stereocenters. The maximum atomic E-state index is 13.8. The number of anilines is 2. The average Bonchev–Trinajstić information content (AvgIpc) is 2.87. The predicted octanol–water partition coefficient (Wildman–Crippen LogP) is 3.05. The molecule has 36 heavy (non-hydrogen) atoms. The summed E-state index contributed by atoms with van der Waals surface area (Å²) in [5.41, 5.74) is 0.202. The van der Waals surface area contributed by atoms with Gasteiger partial charge in [0.15, 0.2) is 5.69 Å². The lowest BCUT2D eigenvalue weighted by Crippen LogP contribution is -2.49. The maximum absolute atomic E-state index is 13.8. The quantitative estimate of drug-likeness (QED) is 0.593. The maximum Gasteiger partial charge on any atom is 0.433 e. The number of aliphatic hydroxyl groups is 1. The van der Waals surface area contributed by atoms with Crippen LogP contribution in [0.2, 0.25) is 0 Å². The van der Waals surface area contributed by atoms with Gasteiger partial charge in [0.2, 0.25) is 11.9 Å². The molecule has 1 fully saturated rings. The van der Waals surface area contributed by atoms with Crippen molar-refractivity contribution < 1.29 is 32.6 Å². The molecule has 194 valence electrons. The molecular weight excluding hydrogens is 479 g/mol. The Hall–Kier alpha value is -3.41. The standard InChI is InChI=1S/C24H28F3N5O4/c1-2-17(13-33)29-20(34)11-16-12-28-22(30-21(16)24(25,26)27)31-9-7-18(8-10-31)32-19-6-4-3-5-15(19)14-36-23(32)35/h3-6,12,17-18,33H,2,7-11,13-14H2,1H3,(H,29,34). The normalized spacial score (nSPS) is 17.4. The van der Waals surface area contributed by atoms with Crippen LogP contribution in [-0.4, -0.2) is 58.9 Å². The molecule has 2 amide bonds. The van der Waals surface area contributed by atoms with E-state index in [-0.39, 0.29) is 30.8 Å². The van der Waals surface area contributed by atoms with Crippen LogP contribution in [0.4, 0.5) is 29.6 Å². The molecule has 12 heteroatoms. The van der Waals surface area contributed by atoms with Crippen LogP contribution < -0.4 is 15.1 Å². The number of nitrogens with zero attached hydrogens (tertiary/aromatic N) is 4. The van der Waals surface area contributed by atoms with E-state index in [1.165, 1.54) is 0 Å². The summed E-state index contributed by atoms with van der Waals surface area (Å²) in [5, 5.41) is 11.7. The van der Waals surface area contributed by atoms with Gasteiger partial charge in [-0.25, -0.2) is 14.8 Å². The number of halogens is 3. The summed E-state index contributed by atoms with van der Waals surface area (Å²) in [6.45, 7) is 2.35. The van der Waals surface area contributed by atoms with Crippen LogP contribution in [0.15, 0.2) is 30.5 Å². The number of aliphatic hydroxyl groups excluding tert-OH is 1. The zero-order valence-corrected chi connectivity index (χ0v) is 19.8. The van der Waals surface area contributed by atoms with Gasteiger partial charge in [-0.15, -0.1) is 0 Å². The van der Waals surface area contributed by atoms with E-state index < -0.39 is 36.3 Å². The lowest BCUT2D eigenvalue weighted by atomic mass is 10.0. The number of amides is 2. The zero-order chi connectivity index (χ0) is 25.9. The summed E-state index contributed by atoms with van der Waals surface area (Å²) in [6.07, 6.45) is -3.28. The molecule has 3 heterocycles. The number of nitrogens with one attached hydrogen (secondary N) is 1. The Morgan fingerprint density at radius 3 is 2.67 bits per heavy atom. The Morgan fingerprint density at radius 1 is 1.28 bits per heavy atom. The van der Waals surface area contributed by atoms with E-state index in [4.69, 9.17) is 4.74 Å². The second-order valence-corrected chi connectivity index (χ2v) is 8.85. The number of para-hydroxylation sites is 1. The molecule has 1 aromatic heterocycles. The first-order valence-corrected chi connectivity index (χ1v) is 11.8. The molecule has 9 nitrogen and oxygen atoms in total. The third-order valence-electron chi connectivity index (χ3n) is 6.46. The summed E-state index contributed by atoms with van der Waals surface area (Å²) >= 11 is 0. The zero-order valence-electron chi connectivity index (χ0n) is 19.8. The molecule has 0 aliphatic carbocycles. The van der Waals surface area contributed by atoms with Crippen molar-refractivity contribution in [2.75, 3.05) is 29.5 Å². The van der Waals surface area contributed by atoms with Crippen molar-refractivity contribution in [3.8, 4) is 0 Å². The molecule has 2 N–H and O–H groups in total. The predicted molar refractivity (Wildman–Crippen MR) is 124 cm³/mol. The van der Waals surface area contributed by atoms with Gasteiger partial charge in [0.1, 0.15) is 6.61 Å². The fourth-order valence-corrected chi connectivity index (χ4v) is 4.50. The van der Waals surface area contributed by atoms with E-state index >= 15 is 0 Å². The van der Waals surface area contributed by atoms with Crippen LogP contribution >= 0.6 is 0 Å². The number of rotatable bonds is 7. The number of cyclic esters (lactones) is 1. The Labute approximate surface area is 206 Å². The molecule has 1 saturated heterocycles. The first kappa shape index (κ1) is 25.7. The number of hydrogen-bond donors (Lipinski definition) is 2. The number of carbonyl (C=O) groups is 2. The van der Waals surface area contributed by atoms with Crippen LogP contribution in [0.5, 0.6) is 0 Å². The fraction of sp³-hybridized carbons (Fsp3) is 0.500. The second-order valence-electron chi connectivity index (χ2n) is 8.85. The van der Waals surface area contributed by atoms with Crippen LogP contribution in [-0.2, 0) is 28.7 Å². The molecule has 0 saturated carbocycles. The van der Waals surface area contributed by atoms with E-state index in [1.807, 2.05) is 24.3 Å². The third kappa shape index (κ3) is 5.53. The van der Waals surface area contributed by atoms with Gasteiger partial charge in [0.05, 0.1) is 24.8 Å². The van der Waals surface area contributed by atoms with Crippen molar-refractivity contribution in [2.45, 2.75) is 57.5 Å². The van der Waals surface area contributed by atoms with E-state index in [1.54, 1.807) is 16.7 Å². The van der Waals surface area contributed by atoms with Crippen molar-refractivity contribution in [1.82, 2.24) is 15.3 Å². The minimum absolute atomic E-state index is 0.0756. The van der Waals surface area contributed by atoms with Gasteiger partial charge in [-0.3, -0.25) is 9.69 Å². The van der Waals surface area contributed by atoms with Gasteiger partial charge in [0.25, 0.3) is 0 Å². The van der Waals surface area contributed by atoms with Gasteiger partial charge in [-0.05, 0) is 25.3 Å². The van der Waals surface area contributed by atoms with Crippen LogP contribution in [0.25, 0.3) is 0 Å². The Morgan fingerprint density at radius 2 is 2.00 bits per heavy atom. The molecular formula is C24H28F3N5O4. The molecule has 2 aliphatic heterocycles. The van der Waals surface area contributed by atoms with Crippen LogP contribution in [0.1, 0.15) is 43.0 Å². The van der Waals surface area contributed by atoms with Crippen molar-refractivity contribution >= 4 is 23.6 Å². The second kappa shape index (κ2) is 10.7. The minimum atomic E-state index is -4.77. The van der Waals surface area contributed by atoms with E-state index in [0.29, 0.717) is 32.4 Å². The monoisotopic (exact) mass is 507 g/mol. The highest BCUT2D eigenvalue weighted by atomic mass is 19.4. The number of benzene rings is 1. The van der Waals surface area contributed by atoms with Crippen LogP contribution in [0.3, 0.4) is 0 Å². The Balaban J connectivity index is 1.47. The molecule has 1 atom stereocenters. The summed E-state index contributed by atoms with van der Waals surface area (Å²) in [4.78, 5) is 35.9. The topological polar surface area (TPSA) is 108 Å². The fourth-order valence-electron chi connectivity index (χ4n) is 4.50. The van der Waals surface area contributed by atoms with Crippen molar-refractivity contribution in [3.05, 3.63) is 47.3 Å². The molecule has 2 aromatic rings. The number of piperidine rings is 1. The summed E-state index contributed by atoms with van der Waals surface area (Å²) < 4.78 is 46.7. The highest BCUT2D eigenvalue weighted by Crippen LogP contribution is 2.34. The van der Waals surface area contributed by atoms with Gasteiger partial charge in [-0.1, -0.05) is 25.1 Å². The Bertz CT molecular complexity index is 1100. The number of hydrogen-bond acceptors (Lipinski definition) is 7. The smallest absolute Gasteiger partial charge is 0.433 e. The van der Waals surface area contributed by atoms with Gasteiger partial charge in [-0.2, -0.15) is 13.2 Å². The summed E-state index contributed by atoms with van der Waals surface area (Å²) in [6, 6.07) is 6.77. The number of ether oxygens (including phenoxy) is 1. The first-order valence-electron chi connectivity index (χ1n) is 11.8. The number of alkyl halides is 3. The molecule has 1 aromatic carbocycles. The molecule has 0 radical (unpaired) electrons. The van der Waals surface area contributed by atoms with E-state index in [0.717, 1.165) is 17.4 Å². The van der Waals surface area contributed by atoms with Gasteiger partial charge in [0, 0.05) is 36.5 Å².